The van der Waals surface area contributed by atoms with Gasteiger partial charge in [-0.1, -0.05) is 12.1 Å². The van der Waals surface area contributed by atoms with Gasteiger partial charge in [-0.2, -0.15) is 11.3 Å². The maximum absolute atomic E-state index is 12.6. The zero-order valence-corrected chi connectivity index (χ0v) is 16.3. The van der Waals surface area contributed by atoms with Gasteiger partial charge in [0.2, 0.25) is 5.95 Å². The summed E-state index contributed by atoms with van der Waals surface area (Å²) in [6, 6.07) is 9.60. The average Bonchev–Trinajstić information content (AvgIpc) is 3.23. The van der Waals surface area contributed by atoms with Crippen LogP contribution in [-0.4, -0.2) is 34.4 Å². The lowest BCUT2D eigenvalue weighted by Crippen LogP contribution is -2.42. The number of nitrogen functional groups attached to an aromatic ring is 1. The van der Waals surface area contributed by atoms with Crippen molar-refractivity contribution in [2.75, 3.05) is 19.4 Å². The first-order valence-electron chi connectivity index (χ1n) is 8.92. The Kier molecular flexibility index (Phi) is 5.23. The summed E-state index contributed by atoms with van der Waals surface area (Å²) in [5.74, 6) is 0.974. The number of thiophene rings is 1. The van der Waals surface area contributed by atoms with Crippen molar-refractivity contribution < 1.29 is 9.53 Å². The molecule has 1 aliphatic rings. The van der Waals surface area contributed by atoms with Crippen LogP contribution in [0.5, 0.6) is 5.75 Å². The van der Waals surface area contributed by atoms with E-state index in [1.54, 1.807) is 13.3 Å². The molecule has 1 amide bonds. The largest absolute Gasteiger partial charge is 0.497 e. The molecule has 0 bridgehead atoms. The highest BCUT2D eigenvalue weighted by Crippen LogP contribution is 2.27. The number of amides is 1. The minimum Gasteiger partial charge on any atom is -0.497 e. The molecule has 0 saturated heterocycles. The van der Waals surface area contributed by atoms with Crippen LogP contribution in [0.3, 0.4) is 0 Å². The summed E-state index contributed by atoms with van der Waals surface area (Å²) in [7, 11) is 1.65. The standard InChI is InChI=1S/C20H21N5O2S/c1-27-15-4-2-13(3-5-15)9-25-10-17(23-19(26)14-6-7-28-12-14)16-8-22-20(21)24-18(16)11-25/h2-8,12,17H,9-11H2,1H3,(H,23,26)(H2,21,22,24)/t17-/m0/s1. The van der Waals surface area contributed by atoms with Gasteiger partial charge in [0, 0.05) is 36.8 Å². The monoisotopic (exact) mass is 395 g/mol. The van der Waals surface area contributed by atoms with Crippen LogP contribution in [0.1, 0.15) is 33.2 Å². The Balaban J connectivity index is 1.55. The van der Waals surface area contributed by atoms with Crippen molar-refractivity contribution >= 4 is 23.2 Å². The fourth-order valence-electron chi connectivity index (χ4n) is 3.36. The number of methoxy groups -OCH3 is 1. The SMILES string of the molecule is COc1ccc(CN2Cc3nc(N)ncc3[C@@H](NC(=O)c3ccsc3)C2)cc1. The molecule has 2 aromatic heterocycles. The third kappa shape index (κ3) is 3.97. The van der Waals surface area contributed by atoms with Crippen molar-refractivity contribution in [3.8, 4) is 5.75 Å². The molecular formula is C20H21N5O2S. The van der Waals surface area contributed by atoms with E-state index in [9.17, 15) is 4.79 Å². The van der Waals surface area contributed by atoms with Crippen LogP contribution >= 0.6 is 11.3 Å². The van der Waals surface area contributed by atoms with Crippen LogP contribution < -0.4 is 15.8 Å². The van der Waals surface area contributed by atoms with Gasteiger partial charge in [0.25, 0.3) is 5.91 Å². The number of hydrogen-bond acceptors (Lipinski definition) is 7. The summed E-state index contributed by atoms with van der Waals surface area (Å²) in [5, 5.41) is 6.85. The van der Waals surface area contributed by atoms with Crippen molar-refractivity contribution in [2.45, 2.75) is 19.1 Å². The minimum atomic E-state index is -0.199. The Labute approximate surface area is 167 Å². The zero-order valence-electron chi connectivity index (χ0n) is 15.5. The van der Waals surface area contributed by atoms with Gasteiger partial charge in [0.1, 0.15) is 5.75 Å². The maximum Gasteiger partial charge on any atom is 0.252 e. The summed E-state index contributed by atoms with van der Waals surface area (Å²) in [4.78, 5) is 23.4. The number of nitrogens with one attached hydrogen (secondary N) is 1. The lowest BCUT2D eigenvalue weighted by atomic mass is 10.00. The fraction of sp³-hybridized carbons (Fsp3) is 0.250. The van der Waals surface area contributed by atoms with Gasteiger partial charge >= 0.3 is 0 Å². The lowest BCUT2D eigenvalue weighted by Gasteiger charge is -2.34. The second-order valence-corrected chi connectivity index (χ2v) is 7.47. The summed E-state index contributed by atoms with van der Waals surface area (Å²) in [6.07, 6.45) is 1.72. The third-order valence-corrected chi connectivity index (χ3v) is 5.45. The first kappa shape index (κ1) is 18.4. The van der Waals surface area contributed by atoms with Crippen molar-refractivity contribution in [2.24, 2.45) is 0 Å². The van der Waals surface area contributed by atoms with E-state index < -0.39 is 0 Å². The van der Waals surface area contributed by atoms with Crippen LogP contribution in [0.4, 0.5) is 5.95 Å². The first-order valence-corrected chi connectivity index (χ1v) is 9.86. The Morgan fingerprint density at radius 2 is 2.18 bits per heavy atom. The molecule has 144 valence electrons. The van der Waals surface area contributed by atoms with E-state index in [4.69, 9.17) is 10.5 Å². The summed E-state index contributed by atoms with van der Waals surface area (Å²) in [5.41, 5.74) is 9.39. The van der Waals surface area contributed by atoms with E-state index in [0.717, 1.165) is 29.1 Å². The van der Waals surface area contributed by atoms with E-state index in [1.807, 2.05) is 41.1 Å². The van der Waals surface area contributed by atoms with E-state index in [-0.39, 0.29) is 17.9 Å². The molecule has 28 heavy (non-hydrogen) atoms. The van der Waals surface area contributed by atoms with Crippen molar-refractivity contribution in [3.05, 3.63) is 69.7 Å². The molecule has 0 spiro atoms. The Bertz CT molecular complexity index is 959. The van der Waals surface area contributed by atoms with Crippen molar-refractivity contribution in [1.82, 2.24) is 20.2 Å². The van der Waals surface area contributed by atoms with E-state index >= 15 is 0 Å². The van der Waals surface area contributed by atoms with Gasteiger partial charge in [0.15, 0.2) is 0 Å². The van der Waals surface area contributed by atoms with Crippen molar-refractivity contribution in [1.29, 1.82) is 0 Å². The van der Waals surface area contributed by atoms with E-state index in [1.165, 1.54) is 11.3 Å². The topological polar surface area (TPSA) is 93.4 Å². The van der Waals surface area contributed by atoms with Crippen molar-refractivity contribution in [3.63, 3.8) is 0 Å². The smallest absolute Gasteiger partial charge is 0.252 e. The second kappa shape index (κ2) is 7.95. The third-order valence-electron chi connectivity index (χ3n) is 4.76. The van der Waals surface area contributed by atoms with Crippen LogP contribution in [0.25, 0.3) is 0 Å². The molecule has 7 nitrogen and oxygen atoms in total. The van der Waals surface area contributed by atoms with Gasteiger partial charge in [-0.3, -0.25) is 9.69 Å². The van der Waals surface area contributed by atoms with Gasteiger partial charge in [-0.05, 0) is 29.1 Å². The van der Waals surface area contributed by atoms with Crippen LogP contribution in [0, 0.1) is 0 Å². The van der Waals surface area contributed by atoms with Crippen LogP contribution in [0.15, 0.2) is 47.3 Å². The molecule has 3 N–H and O–H groups in total. The quantitative estimate of drug-likeness (QED) is 0.690. The molecule has 1 aromatic carbocycles. The molecular weight excluding hydrogens is 374 g/mol. The molecule has 0 aliphatic carbocycles. The van der Waals surface area contributed by atoms with E-state index in [0.29, 0.717) is 18.7 Å². The number of benzene rings is 1. The number of rotatable bonds is 5. The van der Waals surface area contributed by atoms with Gasteiger partial charge in [-0.15, -0.1) is 0 Å². The number of carbonyl (C=O) groups is 1. The van der Waals surface area contributed by atoms with Gasteiger partial charge in [-0.25, -0.2) is 9.97 Å². The lowest BCUT2D eigenvalue weighted by molar-refractivity contribution is 0.0913. The number of carbonyl (C=O) groups excluding carboxylic acids is 1. The number of fused-ring (bicyclic) bond motifs is 1. The van der Waals surface area contributed by atoms with Crippen LogP contribution in [0.2, 0.25) is 0 Å². The Morgan fingerprint density at radius 1 is 1.36 bits per heavy atom. The van der Waals surface area contributed by atoms with Gasteiger partial charge < -0.3 is 15.8 Å². The molecule has 3 heterocycles. The normalized spacial score (nSPS) is 16.4. The zero-order chi connectivity index (χ0) is 19.5. The highest BCUT2D eigenvalue weighted by Gasteiger charge is 2.28. The predicted octanol–water partition coefficient (Wildman–Crippen LogP) is 2.62. The van der Waals surface area contributed by atoms with E-state index in [2.05, 4.69) is 20.2 Å². The number of aromatic nitrogens is 2. The maximum atomic E-state index is 12.6. The first-order chi connectivity index (χ1) is 13.6. The highest BCUT2D eigenvalue weighted by atomic mass is 32.1. The molecule has 1 atom stereocenters. The Morgan fingerprint density at radius 3 is 2.89 bits per heavy atom. The predicted molar refractivity (Wildman–Crippen MR) is 108 cm³/mol. The number of nitrogens with two attached hydrogens (primary N) is 1. The highest BCUT2D eigenvalue weighted by molar-refractivity contribution is 7.08. The molecule has 0 fully saturated rings. The molecule has 0 unspecified atom stereocenters. The molecule has 3 aromatic rings. The number of ether oxygens (including phenoxy) is 1. The summed E-state index contributed by atoms with van der Waals surface area (Å²) < 4.78 is 5.22. The molecule has 4 rings (SSSR count). The fourth-order valence-corrected chi connectivity index (χ4v) is 4.00. The minimum absolute atomic E-state index is 0.0969. The average molecular weight is 395 g/mol. The molecule has 0 saturated carbocycles. The summed E-state index contributed by atoms with van der Waals surface area (Å²) in [6.45, 7) is 2.05. The second-order valence-electron chi connectivity index (χ2n) is 6.69. The molecule has 1 aliphatic heterocycles. The molecule has 8 heteroatoms. The van der Waals surface area contributed by atoms with Gasteiger partial charge in [0.05, 0.1) is 24.4 Å². The number of hydrogen-bond donors (Lipinski definition) is 2. The van der Waals surface area contributed by atoms with Crippen LogP contribution in [-0.2, 0) is 13.1 Å². The number of nitrogens with zero attached hydrogens (tertiary/aromatic N) is 3. The number of anilines is 1. The summed E-state index contributed by atoms with van der Waals surface area (Å²) >= 11 is 1.50. The Hall–Kier alpha value is -2.97. The molecule has 0 radical (unpaired) electrons.